The van der Waals surface area contributed by atoms with E-state index >= 15 is 0 Å². The van der Waals surface area contributed by atoms with Crippen molar-refractivity contribution in [2.75, 3.05) is 12.4 Å². The van der Waals surface area contributed by atoms with E-state index in [1.54, 1.807) is 0 Å². The maximum atomic E-state index is 10.9. The quantitative estimate of drug-likeness (QED) is 0.616. The first-order valence-electron chi connectivity index (χ1n) is 3.57. The van der Waals surface area contributed by atoms with E-state index in [2.05, 4.69) is 10.6 Å². The van der Waals surface area contributed by atoms with Gasteiger partial charge in [-0.05, 0) is 20.8 Å². The highest BCUT2D eigenvalue weighted by Crippen LogP contribution is 1.96. The van der Waals surface area contributed by atoms with Crippen molar-refractivity contribution in [1.29, 1.82) is 0 Å². The van der Waals surface area contributed by atoms with E-state index in [0.717, 1.165) is 0 Å². The number of nitrogens with one attached hydrogen (secondary N) is 2. The van der Waals surface area contributed by atoms with Gasteiger partial charge in [-0.2, -0.15) is 0 Å². The Kier molecular flexibility index (Phi) is 4.26. The fourth-order valence-corrected chi connectivity index (χ4v) is 0.640. The molecule has 0 aromatic carbocycles. The number of hydrogen-bond acceptors (Lipinski definition) is 1. The van der Waals surface area contributed by atoms with Crippen LogP contribution < -0.4 is 10.6 Å². The first kappa shape index (κ1) is 10.6. The fraction of sp³-hybridized carbons (Fsp3) is 0.857. The third kappa shape index (κ3) is 7.46. The Labute approximate surface area is 72.5 Å². The second-order valence-corrected chi connectivity index (χ2v) is 3.70. The van der Waals surface area contributed by atoms with Crippen LogP contribution in [0.3, 0.4) is 0 Å². The molecule has 0 radical (unpaired) electrons. The van der Waals surface area contributed by atoms with E-state index in [1.807, 2.05) is 20.8 Å². The van der Waals surface area contributed by atoms with Gasteiger partial charge in [0.25, 0.3) is 0 Å². The van der Waals surface area contributed by atoms with Gasteiger partial charge in [0.2, 0.25) is 0 Å². The molecule has 0 bridgehead atoms. The number of urea groups is 1. The molecule has 66 valence electrons. The molecule has 0 aliphatic heterocycles. The monoisotopic (exact) mass is 178 g/mol. The molecule has 0 fully saturated rings. The fourth-order valence-electron chi connectivity index (χ4n) is 0.546. The molecule has 0 atom stereocenters. The van der Waals surface area contributed by atoms with Crippen molar-refractivity contribution in [3.8, 4) is 0 Å². The normalized spacial score (nSPS) is 10.9. The van der Waals surface area contributed by atoms with Gasteiger partial charge in [0.1, 0.15) is 0 Å². The highest BCUT2D eigenvalue weighted by Gasteiger charge is 2.12. The van der Waals surface area contributed by atoms with Crippen LogP contribution in [-0.4, -0.2) is 24.0 Å². The summed E-state index contributed by atoms with van der Waals surface area (Å²) in [7, 11) is 0. The molecular weight excluding hydrogens is 164 g/mol. The van der Waals surface area contributed by atoms with Crippen LogP contribution in [0.1, 0.15) is 20.8 Å². The van der Waals surface area contributed by atoms with Gasteiger partial charge >= 0.3 is 6.03 Å². The Balaban J connectivity index is 3.53. The van der Waals surface area contributed by atoms with Crippen LogP contribution in [0.4, 0.5) is 4.79 Å². The molecule has 0 aliphatic rings. The van der Waals surface area contributed by atoms with Gasteiger partial charge in [0, 0.05) is 18.0 Å². The van der Waals surface area contributed by atoms with Crippen LogP contribution in [0.25, 0.3) is 0 Å². The molecule has 0 saturated carbocycles. The average Bonchev–Trinajstić information content (AvgIpc) is 1.79. The summed E-state index contributed by atoms with van der Waals surface area (Å²) in [5.74, 6) is 0.442. The SMILES string of the molecule is CC(C)(C)NC(=O)NCCCl. The summed E-state index contributed by atoms with van der Waals surface area (Å²) in [5.41, 5.74) is -0.184. The molecule has 0 aromatic rings. The lowest BCUT2D eigenvalue weighted by Crippen LogP contribution is -2.46. The Morgan fingerprint density at radius 2 is 2.00 bits per heavy atom. The van der Waals surface area contributed by atoms with Crippen molar-refractivity contribution in [3.05, 3.63) is 0 Å². The molecule has 2 N–H and O–H groups in total. The number of carbonyl (C=O) groups is 1. The van der Waals surface area contributed by atoms with Gasteiger partial charge < -0.3 is 10.6 Å². The van der Waals surface area contributed by atoms with Crippen LogP contribution >= 0.6 is 11.6 Å². The molecule has 0 unspecified atom stereocenters. The van der Waals surface area contributed by atoms with Crippen molar-refractivity contribution in [2.45, 2.75) is 26.3 Å². The number of hydrogen-bond donors (Lipinski definition) is 2. The molecular formula is C7H15ClN2O. The predicted molar refractivity (Wildman–Crippen MR) is 47.0 cm³/mol. The lowest BCUT2D eigenvalue weighted by atomic mass is 10.1. The molecule has 0 rings (SSSR count). The van der Waals surface area contributed by atoms with Gasteiger partial charge in [-0.3, -0.25) is 0 Å². The van der Waals surface area contributed by atoms with Crippen LogP contribution in [0.5, 0.6) is 0 Å². The topological polar surface area (TPSA) is 41.1 Å². The highest BCUT2D eigenvalue weighted by molar-refractivity contribution is 6.18. The molecule has 11 heavy (non-hydrogen) atoms. The van der Waals surface area contributed by atoms with E-state index in [1.165, 1.54) is 0 Å². The van der Waals surface area contributed by atoms with Crippen molar-refractivity contribution >= 4 is 17.6 Å². The van der Waals surface area contributed by atoms with Gasteiger partial charge in [-0.1, -0.05) is 0 Å². The zero-order valence-electron chi connectivity index (χ0n) is 7.20. The maximum absolute atomic E-state index is 10.9. The lowest BCUT2D eigenvalue weighted by Gasteiger charge is -2.20. The van der Waals surface area contributed by atoms with E-state index < -0.39 is 0 Å². The first-order chi connectivity index (χ1) is 4.95. The molecule has 4 heteroatoms. The third-order valence-electron chi connectivity index (χ3n) is 0.869. The zero-order valence-corrected chi connectivity index (χ0v) is 7.96. The smallest absolute Gasteiger partial charge is 0.315 e. The molecule has 0 aliphatic carbocycles. The summed E-state index contributed by atoms with van der Waals surface area (Å²) in [6, 6.07) is -0.168. The van der Waals surface area contributed by atoms with Crippen LogP contribution in [0.15, 0.2) is 0 Å². The summed E-state index contributed by atoms with van der Waals surface area (Å²) >= 11 is 5.37. The Bertz CT molecular complexity index is 131. The highest BCUT2D eigenvalue weighted by atomic mass is 35.5. The Morgan fingerprint density at radius 3 is 2.36 bits per heavy atom. The minimum absolute atomic E-state index is 0.168. The summed E-state index contributed by atoms with van der Waals surface area (Å²) in [6.45, 7) is 6.28. The van der Waals surface area contributed by atoms with Crippen LogP contribution in [-0.2, 0) is 0 Å². The summed E-state index contributed by atoms with van der Waals surface area (Å²) in [4.78, 5) is 10.9. The summed E-state index contributed by atoms with van der Waals surface area (Å²) in [5, 5.41) is 5.35. The average molecular weight is 179 g/mol. The van der Waals surface area contributed by atoms with E-state index in [4.69, 9.17) is 11.6 Å². The molecule has 0 aromatic heterocycles. The second-order valence-electron chi connectivity index (χ2n) is 3.32. The first-order valence-corrected chi connectivity index (χ1v) is 4.11. The predicted octanol–water partition coefficient (Wildman–Crippen LogP) is 1.32. The molecule has 0 spiro atoms. The number of halogens is 1. The van der Waals surface area contributed by atoms with E-state index in [0.29, 0.717) is 12.4 Å². The number of carbonyl (C=O) groups excluding carboxylic acids is 1. The summed E-state index contributed by atoms with van der Waals surface area (Å²) in [6.07, 6.45) is 0. The largest absolute Gasteiger partial charge is 0.337 e. The number of alkyl halides is 1. The van der Waals surface area contributed by atoms with Crippen molar-refractivity contribution in [1.82, 2.24) is 10.6 Å². The van der Waals surface area contributed by atoms with Crippen LogP contribution in [0.2, 0.25) is 0 Å². The standard InChI is InChI=1S/C7H15ClN2O/c1-7(2,3)10-6(11)9-5-4-8/h4-5H2,1-3H3,(H2,9,10,11). The molecule has 0 saturated heterocycles. The van der Waals surface area contributed by atoms with Crippen LogP contribution in [0, 0.1) is 0 Å². The zero-order chi connectivity index (χ0) is 8.91. The van der Waals surface area contributed by atoms with Gasteiger partial charge in [0.15, 0.2) is 0 Å². The van der Waals surface area contributed by atoms with Gasteiger partial charge in [-0.25, -0.2) is 4.79 Å². The van der Waals surface area contributed by atoms with Gasteiger partial charge in [0.05, 0.1) is 0 Å². The maximum Gasteiger partial charge on any atom is 0.315 e. The molecule has 2 amide bonds. The Morgan fingerprint density at radius 1 is 1.45 bits per heavy atom. The summed E-state index contributed by atoms with van der Waals surface area (Å²) < 4.78 is 0. The number of rotatable bonds is 2. The minimum atomic E-state index is -0.184. The minimum Gasteiger partial charge on any atom is -0.337 e. The Hall–Kier alpha value is -0.440. The second kappa shape index (κ2) is 4.44. The molecule has 0 heterocycles. The van der Waals surface area contributed by atoms with E-state index in [-0.39, 0.29) is 11.6 Å². The number of amides is 2. The third-order valence-corrected chi connectivity index (χ3v) is 1.06. The molecule has 3 nitrogen and oxygen atoms in total. The van der Waals surface area contributed by atoms with Crippen molar-refractivity contribution in [2.24, 2.45) is 0 Å². The van der Waals surface area contributed by atoms with Crippen molar-refractivity contribution in [3.63, 3.8) is 0 Å². The van der Waals surface area contributed by atoms with Crippen molar-refractivity contribution < 1.29 is 4.79 Å². The lowest BCUT2D eigenvalue weighted by molar-refractivity contribution is 0.232. The van der Waals surface area contributed by atoms with E-state index in [9.17, 15) is 4.79 Å². The van der Waals surface area contributed by atoms with Gasteiger partial charge in [-0.15, -0.1) is 11.6 Å².